The third-order valence-electron chi connectivity index (χ3n) is 13.3. The molecule has 0 aliphatic carbocycles. The van der Waals surface area contributed by atoms with Crippen molar-refractivity contribution in [2.45, 2.75) is 302 Å². The zero-order valence-corrected chi connectivity index (χ0v) is 46.5. The lowest BCUT2D eigenvalue weighted by Crippen LogP contribution is -2.37. The maximum absolute atomic E-state index is 12.8. The number of unbranched alkanes of at least 4 members (excludes halogenated alkanes) is 40. The zero-order chi connectivity index (χ0) is 49.0. The molecular formula is C58H116NO7P. The first-order valence-electron chi connectivity index (χ1n) is 29.4. The van der Waals surface area contributed by atoms with E-state index in [-0.39, 0.29) is 25.8 Å². The van der Waals surface area contributed by atoms with Crippen LogP contribution in [0.3, 0.4) is 0 Å². The van der Waals surface area contributed by atoms with Crippen LogP contribution in [-0.2, 0) is 27.9 Å². The maximum Gasteiger partial charge on any atom is 0.306 e. The fourth-order valence-corrected chi connectivity index (χ4v) is 9.51. The van der Waals surface area contributed by atoms with Gasteiger partial charge in [-0.2, -0.15) is 0 Å². The Kier molecular flexibility index (Phi) is 51.0. The first kappa shape index (κ1) is 66.2. The van der Waals surface area contributed by atoms with Gasteiger partial charge in [-0.1, -0.05) is 264 Å². The highest BCUT2D eigenvalue weighted by atomic mass is 31.2. The summed E-state index contributed by atoms with van der Waals surface area (Å²) in [5, 5.41) is 0. The molecular weight excluding hydrogens is 854 g/mol. The van der Waals surface area contributed by atoms with Gasteiger partial charge in [0.15, 0.2) is 0 Å². The molecule has 2 atom stereocenters. The van der Waals surface area contributed by atoms with E-state index in [2.05, 4.69) is 26.0 Å². The number of phosphoric acid groups is 1. The highest BCUT2D eigenvalue weighted by Crippen LogP contribution is 2.38. The molecule has 0 aromatic carbocycles. The number of carbonyl (C=O) groups excluding carboxylic acids is 1. The highest BCUT2D eigenvalue weighted by molar-refractivity contribution is 7.45. The lowest BCUT2D eigenvalue weighted by atomic mass is 10.0. The second-order valence-corrected chi connectivity index (χ2v) is 22.8. The fraction of sp³-hybridized carbons (Fsp3) is 0.948. The first-order chi connectivity index (χ1) is 32.6. The number of hydrogen-bond donors (Lipinski definition) is 0. The zero-order valence-electron chi connectivity index (χ0n) is 45.6. The van der Waals surface area contributed by atoms with E-state index in [0.29, 0.717) is 24.1 Å². The summed E-state index contributed by atoms with van der Waals surface area (Å²) in [6.07, 6.45) is 61.1. The van der Waals surface area contributed by atoms with Crippen LogP contribution in [0.1, 0.15) is 296 Å². The molecule has 400 valence electrons. The molecule has 0 heterocycles. The molecule has 0 aromatic rings. The van der Waals surface area contributed by atoms with Crippen molar-refractivity contribution < 1.29 is 37.3 Å². The maximum atomic E-state index is 12.8. The van der Waals surface area contributed by atoms with Crippen LogP contribution in [0.5, 0.6) is 0 Å². The second kappa shape index (κ2) is 51.6. The molecule has 0 bridgehead atoms. The number of esters is 1. The average molecular weight is 971 g/mol. The van der Waals surface area contributed by atoms with Crippen LogP contribution in [0.4, 0.5) is 0 Å². The third kappa shape index (κ3) is 56.0. The Bertz CT molecular complexity index is 1080. The molecule has 0 fully saturated rings. The van der Waals surface area contributed by atoms with Crippen LogP contribution >= 0.6 is 7.82 Å². The summed E-state index contributed by atoms with van der Waals surface area (Å²) in [5.41, 5.74) is 0. The van der Waals surface area contributed by atoms with Crippen LogP contribution < -0.4 is 4.89 Å². The molecule has 0 aliphatic rings. The molecule has 2 unspecified atom stereocenters. The summed E-state index contributed by atoms with van der Waals surface area (Å²) >= 11 is 0. The topological polar surface area (TPSA) is 94.1 Å². The molecule has 0 saturated heterocycles. The van der Waals surface area contributed by atoms with E-state index >= 15 is 0 Å². The Labute approximate surface area is 418 Å². The Morgan fingerprint density at radius 1 is 0.448 bits per heavy atom. The van der Waals surface area contributed by atoms with E-state index in [1.54, 1.807) is 0 Å². The van der Waals surface area contributed by atoms with Crippen molar-refractivity contribution in [2.75, 3.05) is 54.1 Å². The average Bonchev–Trinajstić information content (AvgIpc) is 3.29. The lowest BCUT2D eigenvalue weighted by molar-refractivity contribution is -0.870. The molecule has 0 aromatic heterocycles. The monoisotopic (exact) mass is 970 g/mol. The summed E-state index contributed by atoms with van der Waals surface area (Å²) in [4.78, 5) is 25.2. The molecule has 0 rings (SSSR count). The van der Waals surface area contributed by atoms with Gasteiger partial charge in [0.2, 0.25) is 0 Å². The molecule has 0 saturated carbocycles. The number of likely N-dealkylation sites (N-methyl/N-ethyl adjacent to an activating group) is 1. The Morgan fingerprint density at radius 2 is 0.776 bits per heavy atom. The van der Waals surface area contributed by atoms with Gasteiger partial charge in [0.1, 0.15) is 19.3 Å². The number of quaternary nitrogens is 1. The predicted octanol–water partition coefficient (Wildman–Crippen LogP) is 17.9. The van der Waals surface area contributed by atoms with Crippen molar-refractivity contribution in [2.24, 2.45) is 0 Å². The first-order valence-corrected chi connectivity index (χ1v) is 30.9. The number of hydrogen-bond acceptors (Lipinski definition) is 7. The normalized spacial score (nSPS) is 13.5. The van der Waals surface area contributed by atoms with Gasteiger partial charge in [-0.15, -0.1) is 0 Å². The quantitative estimate of drug-likeness (QED) is 0.0197. The van der Waals surface area contributed by atoms with E-state index < -0.39 is 13.9 Å². The van der Waals surface area contributed by atoms with Crippen LogP contribution in [0.25, 0.3) is 0 Å². The van der Waals surface area contributed by atoms with Gasteiger partial charge in [0.25, 0.3) is 7.82 Å². The summed E-state index contributed by atoms with van der Waals surface area (Å²) in [6, 6.07) is 0. The standard InChI is InChI=1S/C58H116NO7P/c1-6-8-10-12-14-16-18-20-22-24-26-27-28-29-30-31-32-34-36-38-40-42-44-46-48-50-53-63-55-57(56-65-67(61,62)64-54-52-59(3,4)5)66-58(60)51-49-47-45-43-41-39-37-35-33-25-23-21-19-17-15-13-11-9-7-2/h24,26,57H,6-23,25,27-56H2,1-5H3/b26-24-. The van der Waals surface area contributed by atoms with Crippen molar-refractivity contribution >= 4 is 13.8 Å². The number of ether oxygens (including phenoxy) is 2. The van der Waals surface area contributed by atoms with E-state index in [0.717, 1.165) is 32.1 Å². The van der Waals surface area contributed by atoms with Gasteiger partial charge >= 0.3 is 5.97 Å². The van der Waals surface area contributed by atoms with Gasteiger partial charge in [0.05, 0.1) is 34.4 Å². The van der Waals surface area contributed by atoms with Crippen LogP contribution in [0.2, 0.25) is 0 Å². The number of phosphoric ester groups is 1. The van der Waals surface area contributed by atoms with Gasteiger partial charge in [0, 0.05) is 13.0 Å². The summed E-state index contributed by atoms with van der Waals surface area (Å²) in [7, 11) is 1.38. The molecule has 8 nitrogen and oxygen atoms in total. The van der Waals surface area contributed by atoms with Crippen molar-refractivity contribution in [3.63, 3.8) is 0 Å². The number of carbonyl (C=O) groups is 1. The highest BCUT2D eigenvalue weighted by Gasteiger charge is 2.20. The number of rotatable bonds is 56. The number of nitrogens with zero attached hydrogens (tertiary/aromatic N) is 1. The van der Waals surface area contributed by atoms with E-state index in [1.165, 1.54) is 244 Å². The van der Waals surface area contributed by atoms with Crippen molar-refractivity contribution in [1.29, 1.82) is 0 Å². The van der Waals surface area contributed by atoms with E-state index in [1.807, 2.05) is 21.1 Å². The summed E-state index contributed by atoms with van der Waals surface area (Å²) < 4.78 is 34.9. The SMILES string of the molecule is CCCCCCCCCC/C=C\CCCCCCCCCCCCCCCCOCC(COP(=O)([O-])OCC[N+](C)(C)C)OC(=O)CCCCCCCCCCCCCCCCCCCCC. The molecule has 0 N–H and O–H groups in total. The fourth-order valence-electron chi connectivity index (χ4n) is 8.78. The lowest BCUT2D eigenvalue weighted by Gasteiger charge is -2.28. The predicted molar refractivity (Wildman–Crippen MR) is 287 cm³/mol. The van der Waals surface area contributed by atoms with Crippen LogP contribution in [0.15, 0.2) is 12.2 Å². The summed E-state index contributed by atoms with van der Waals surface area (Å²) in [6.45, 7) is 5.49. The third-order valence-corrected chi connectivity index (χ3v) is 14.3. The molecule has 0 aliphatic heterocycles. The van der Waals surface area contributed by atoms with Gasteiger partial charge in [-0.05, 0) is 38.5 Å². The van der Waals surface area contributed by atoms with E-state index in [4.69, 9.17) is 18.5 Å². The van der Waals surface area contributed by atoms with Crippen LogP contribution in [0, 0.1) is 0 Å². The largest absolute Gasteiger partial charge is 0.756 e. The minimum Gasteiger partial charge on any atom is -0.756 e. The van der Waals surface area contributed by atoms with Crippen LogP contribution in [-0.4, -0.2) is 70.7 Å². The Balaban J connectivity index is 4.00. The number of allylic oxidation sites excluding steroid dienone is 2. The molecule has 0 amide bonds. The molecule has 9 heteroatoms. The smallest absolute Gasteiger partial charge is 0.306 e. The van der Waals surface area contributed by atoms with Crippen molar-refractivity contribution in [3.8, 4) is 0 Å². The van der Waals surface area contributed by atoms with E-state index in [9.17, 15) is 14.3 Å². The van der Waals surface area contributed by atoms with Crippen molar-refractivity contribution in [3.05, 3.63) is 12.2 Å². The molecule has 67 heavy (non-hydrogen) atoms. The van der Waals surface area contributed by atoms with Crippen molar-refractivity contribution in [1.82, 2.24) is 0 Å². The summed E-state index contributed by atoms with van der Waals surface area (Å²) in [5.74, 6) is -0.325. The second-order valence-electron chi connectivity index (χ2n) is 21.4. The van der Waals surface area contributed by atoms with Gasteiger partial charge in [-0.25, -0.2) is 0 Å². The van der Waals surface area contributed by atoms with Gasteiger partial charge in [-0.3, -0.25) is 9.36 Å². The molecule has 0 spiro atoms. The molecule has 0 radical (unpaired) electrons. The minimum atomic E-state index is -4.53. The Morgan fingerprint density at radius 3 is 1.13 bits per heavy atom. The van der Waals surface area contributed by atoms with Gasteiger partial charge < -0.3 is 27.9 Å². The minimum absolute atomic E-state index is 0.0304. The Hall–Kier alpha value is -0.760.